The summed E-state index contributed by atoms with van der Waals surface area (Å²) in [6.45, 7) is 12.7. The summed E-state index contributed by atoms with van der Waals surface area (Å²) in [7, 11) is 1.82. The molecule has 2 aliphatic rings. The second kappa shape index (κ2) is 11.9. The molecule has 1 saturated heterocycles. The van der Waals surface area contributed by atoms with E-state index in [1.807, 2.05) is 25.9 Å². The summed E-state index contributed by atoms with van der Waals surface area (Å²) in [6.07, 6.45) is 7.03. The first-order valence-electron chi connectivity index (χ1n) is 13.9. The van der Waals surface area contributed by atoms with E-state index >= 15 is 0 Å². The Hall–Kier alpha value is -2.51. The number of nitrogens with one attached hydrogen (secondary N) is 2. The standard InChI is InChI=1S/C30H45N5O2/c1-20-27(31-19-22-11-13-23(14-12-22)30(3,4)5)21(2)33-34-28(20)29(36)35-17-15-24(16-18-35)32-25-9-7-8-10-26(25)37-6/h11-14,24-26,32H,7-10,15-19H2,1-6H3,(H,31,34). The Morgan fingerprint density at radius 2 is 1.70 bits per heavy atom. The number of carbonyl (C=O) groups is 1. The van der Waals surface area contributed by atoms with E-state index in [1.54, 1.807) is 0 Å². The average molecular weight is 508 g/mol. The fourth-order valence-corrected chi connectivity index (χ4v) is 5.69. The Bertz CT molecular complexity index is 1050. The molecule has 2 fully saturated rings. The predicted octanol–water partition coefficient (Wildman–Crippen LogP) is 5.15. The molecule has 0 bridgehead atoms. The number of aryl methyl sites for hydroxylation is 1. The number of hydrogen-bond donors (Lipinski definition) is 2. The number of rotatable bonds is 7. The van der Waals surface area contributed by atoms with Gasteiger partial charge in [-0.05, 0) is 56.1 Å². The molecule has 37 heavy (non-hydrogen) atoms. The third-order valence-electron chi connectivity index (χ3n) is 8.12. The maximum Gasteiger partial charge on any atom is 0.274 e. The van der Waals surface area contributed by atoms with Crippen LogP contribution >= 0.6 is 0 Å². The number of ether oxygens (including phenoxy) is 1. The highest BCUT2D eigenvalue weighted by molar-refractivity contribution is 5.95. The van der Waals surface area contributed by atoms with Crippen LogP contribution in [0.25, 0.3) is 0 Å². The zero-order valence-electron chi connectivity index (χ0n) is 23.6. The number of likely N-dealkylation sites (tertiary alicyclic amines) is 1. The van der Waals surface area contributed by atoms with Gasteiger partial charge in [0, 0.05) is 44.4 Å². The summed E-state index contributed by atoms with van der Waals surface area (Å²) in [5.41, 5.74) is 5.68. The Balaban J connectivity index is 1.36. The SMILES string of the molecule is COC1CCCCC1NC1CCN(C(=O)c2nnc(C)c(NCc3ccc(C(C)(C)C)cc3)c2C)CC1. The molecular weight excluding hydrogens is 462 g/mol. The summed E-state index contributed by atoms with van der Waals surface area (Å²) < 4.78 is 5.71. The zero-order valence-corrected chi connectivity index (χ0v) is 23.6. The van der Waals surface area contributed by atoms with E-state index in [4.69, 9.17) is 4.74 Å². The van der Waals surface area contributed by atoms with Gasteiger partial charge in [-0.15, -0.1) is 5.10 Å². The predicted molar refractivity (Wildman–Crippen MR) is 149 cm³/mol. The van der Waals surface area contributed by atoms with Crippen LogP contribution in [0.4, 0.5) is 5.69 Å². The van der Waals surface area contributed by atoms with Crippen LogP contribution in [-0.4, -0.2) is 59.4 Å². The van der Waals surface area contributed by atoms with Crippen molar-refractivity contribution in [1.82, 2.24) is 20.4 Å². The van der Waals surface area contributed by atoms with E-state index in [2.05, 4.69) is 65.9 Å². The fourth-order valence-electron chi connectivity index (χ4n) is 5.69. The number of piperidine rings is 1. The van der Waals surface area contributed by atoms with Crippen molar-refractivity contribution in [2.24, 2.45) is 0 Å². The minimum absolute atomic E-state index is 0.0199. The first-order valence-corrected chi connectivity index (χ1v) is 13.9. The minimum Gasteiger partial charge on any atom is -0.380 e. The van der Waals surface area contributed by atoms with Gasteiger partial charge in [0.15, 0.2) is 5.69 Å². The molecule has 2 heterocycles. The number of hydrogen-bond acceptors (Lipinski definition) is 6. The number of anilines is 1. The van der Waals surface area contributed by atoms with Gasteiger partial charge in [-0.25, -0.2) is 0 Å². The van der Waals surface area contributed by atoms with Gasteiger partial charge >= 0.3 is 0 Å². The average Bonchev–Trinajstić information content (AvgIpc) is 2.89. The number of benzene rings is 1. The van der Waals surface area contributed by atoms with Crippen molar-refractivity contribution >= 4 is 11.6 Å². The number of methoxy groups -OCH3 is 1. The molecule has 1 aliphatic carbocycles. The number of aromatic nitrogens is 2. The molecule has 2 unspecified atom stereocenters. The smallest absolute Gasteiger partial charge is 0.274 e. The lowest BCUT2D eigenvalue weighted by atomic mass is 9.87. The summed E-state index contributed by atoms with van der Waals surface area (Å²) >= 11 is 0. The van der Waals surface area contributed by atoms with Gasteiger partial charge in [0.25, 0.3) is 5.91 Å². The van der Waals surface area contributed by atoms with Crippen molar-refractivity contribution in [3.05, 3.63) is 52.3 Å². The van der Waals surface area contributed by atoms with E-state index in [0.29, 0.717) is 30.4 Å². The summed E-state index contributed by atoms with van der Waals surface area (Å²) in [5, 5.41) is 16.0. The van der Waals surface area contributed by atoms with E-state index < -0.39 is 0 Å². The first-order chi connectivity index (χ1) is 17.7. The Morgan fingerprint density at radius 1 is 1.03 bits per heavy atom. The molecule has 1 amide bonds. The maximum absolute atomic E-state index is 13.4. The second-order valence-electron chi connectivity index (χ2n) is 11.8. The molecule has 0 spiro atoms. The van der Waals surface area contributed by atoms with Crippen molar-refractivity contribution < 1.29 is 9.53 Å². The minimum atomic E-state index is -0.0199. The third kappa shape index (κ3) is 6.68. The topological polar surface area (TPSA) is 79.4 Å². The summed E-state index contributed by atoms with van der Waals surface area (Å²) in [4.78, 5) is 15.4. The van der Waals surface area contributed by atoms with Crippen molar-refractivity contribution in [2.75, 3.05) is 25.5 Å². The molecule has 2 N–H and O–H groups in total. The van der Waals surface area contributed by atoms with E-state index in [1.165, 1.54) is 30.4 Å². The van der Waals surface area contributed by atoms with Crippen molar-refractivity contribution in [3.63, 3.8) is 0 Å². The first kappa shape index (κ1) is 27.5. The van der Waals surface area contributed by atoms with E-state index in [9.17, 15) is 4.79 Å². The molecule has 0 radical (unpaired) electrons. The Kier molecular flexibility index (Phi) is 8.86. The van der Waals surface area contributed by atoms with Gasteiger partial charge in [-0.2, -0.15) is 5.10 Å². The van der Waals surface area contributed by atoms with Crippen LogP contribution in [0.2, 0.25) is 0 Å². The monoisotopic (exact) mass is 507 g/mol. The Morgan fingerprint density at radius 3 is 2.35 bits per heavy atom. The lowest BCUT2D eigenvalue weighted by Gasteiger charge is -2.38. The van der Waals surface area contributed by atoms with Crippen LogP contribution in [-0.2, 0) is 16.7 Å². The zero-order chi connectivity index (χ0) is 26.6. The molecule has 1 aromatic carbocycles. The second-order valence-corrected chi connectivity index (χ2v) is 11.8. The van der Waals surface area contributed by atoms with Crippen LogP contribution in [0.15, 0.2) is 24.3 Å². The lowest BCUT2D eigenvalue weighted by molar-refractivity contribution is 0.0329. The molecule has 1 aliphatic heterocycles. The van der Waals surface area contributed by atoms with Gasteiger partial charge in [0.2, 0.25) is 0 Å². The quantitative estimate of drug-likeness (QED) is 0.539. The molecule has 7 heteroatoms. The van der Waals surface area contributed by atoms with Crippen LogP contribution in [0, 0.1) is 13.8 Å². The van der Waals surface area contributed by atoms with Gasteiger partial charge in [0.05, 0.1) is 17.5 Å². The fraction of sp³-hybridized carbons (Fsp3) is 0.633. The largest absolute Gasteiger partial charge is 0.380 e. The van der Waals surface area contributed by atoms with Gasteiger partial charge in [0.1, 0.15) is 0 Å². The van der Waals surface area contributed by atoms with Crippen LogP contribution in [0.1, 0.15) is 92.2 Å². The normalized spacial score (nSPS) is 21.2. The highest BCUT2D eigenvalue weighted by Crippen LogP contribution is 2.26. The van der Waals surface area contributed by atoms with Crippen LogP contribution in [0.5, 0.6) is 0 Å². The number of amides is 1. The molecule has 7 nitrogen and oxygen atoms in total. The highest BCUT2D eigenvalue weighted by atomic mass is 16.5. The third-order valence-corrected chi connectivity index (χ3v) is 8.12. The molecule has 2 aromatic rings. The molecule has 202 valence electrons. The van der Waals surface area contributed by atoms with Crippen molar-refractivity contribution in [1.29, 1.82) is 0 Å². The molecule has 2 atom stereocenters. The van der Waals surface area contributed by atoms with Crippen LogP contribution in [0.3, 0.4) is 0 Å². The van der Waals surface area contributed by atoms with Crippen molar-refractivity contribution in [3.8, 4) is 0 Å². The van der Waals surface area contributed by atoms with E-state index in [-0.39, 0.29) is 11.3 Å². The lowest BCUT2D eigenvalue weighted by Crippen LogP contribution is -2.52. The maximum atomic E-state index is 13.4. The van der Waals surface area contributed by atoms with Gasteiger partial charge in [-0.1, -0.05) is 57.9 Å². The van der Waals surface area contributed by atoms with E-state index in [0.717, 1.165) is 49.3 Å². The highest BCUT2D eigenvalue weighted by Gasteiger charge is 2.31. The Labute approximate surface area is 222 Å². The molecule has 4 rings (SSSR count). The molecule has 1 aromatic heterocycles. The number of carbonyl (C=O) groups excluding carboxylic acids is 1. The summed E-state index contributed by atoms with van der Waals surface area (Å²) in [5.74, 6) is -0.0199. The number of nitrogens with zero attached hydrogens (tertiary/aromatic N) is 3. The van der Waals surface area contributed by atoms with Crippen LogP contribution < -0.4 is 10.6 Å². The van der Waals surface area contributed by atoms with Gasteiger partial charge in [-0.3, -0.25) is 4.79 Å². The molecule has 1 saturated carbocycles. The van der Waals surface area contributed by atoms with Gasteiger partial charge < -0.3 is 20.3 Å². The van der Waals surface area contributed by atoms with Crippen molar-refractivity contribution in [2.45, 2.75) is 103 Å². The summed E-state index contributed by atoms with van der Waals surface area (Å²) in [6, 6.07) is 9.57. The molecular formula is C30H45N5O2.